The third kappa shape index (κ3) is 4.49. The van der Waals surface area contributed by atoms with Gasteiger partial charge in [-0.3, -0.25) is 4.79 Å². The van der Waals surface area contributed by atoms with E-state index in [1.807, 2.05) is 5.32 Å². The summed E-state index contributed by atoms with van der Waals surface area (Å²) in [4.78, 5) is 12.0. The molecular formula is C16H10F7NO. The van der Waals surface area contributed by atoms with Gasteiger partial charge in [0.05, 0.1) is 16.8 Å². The molecule has 2 nitrogen and oxygen atoms in total. The fourth-order valence-electron chi connectivity index (χ4n) is 2.02. The van der Waals surface area contributed by atoms with E-state index >= 15 is 0 Å². The van der Waals surface area contributed by atoms with Crippen molar-refractivity contribution in [3.05, 3.63) is 64.5 Å². The Balaban J connectivity index is 2.46. The van der Waals surface area contributed by atoms with E-state index < -0.39 is 40.8 Å². The van der Waals surface area contributed by atoms with Crippen molar-refractivity contribution in [2.24, 2.45) is 0 Å². The molecule has 2 aromatic rings. The second kappa shape index (κ2) is 6.38. The van der Waals surface area contributed by atoms with Crippen LogP contribution >= 0.6 is 0 Å². The molecule has 0 radical (unpaired) electrons. The quantitative estimate of drug-likeness (QED) is 0.707. The molecule has 1 N–H and O–H groups in total. The third-order valence-electron chi connectivity index (χ3n) is 3.22. The van der Waals surface area contributed by atoms with Gasteiger partial charge in [-0.05, 0) is 42.8 Å². The van der Waals surface area contributed by atoms with Crippen LogP contribution in [0.25, 0.3) is 0 Å². The first-order chi connectivity index (χ1) is 11.4. The van der Waals surface area contributed by atoms with E-state index in [-0.39, 0.29) is 23.9 Å². The van der Waals surface area contributed by atoms with Crippen LogP contribution in [0.1, 0.15) is 27.0 Å². The van der Waals surface area contributed by atoms with E-state index in [4.69, 9.17) is 0 Å². The number of alkyl halides is 6. The lowest BCUT2D eigenvalue weighted by Crippen LogP contribution is -2.17. The van der Waals surface area contributed by atoms with Crippen molar-refractivity contribution in [2.75, 3.05) is 5.32 Å². The highest BCUT2D eigenvalue weighted by molar-refractivity contribution is 6.04. The lowest BCUT2D eigenvalue weighted by atomic mass is 10.0. The summed E-state index contributed by atoms with van der Waals surface area (Å²) in [5.74, 6) is -2.16. The lowest BCUT2D eigenvalue weighted by molar-refractivity contribution is -0.143. The van der Waals surface area contributed by atoms with E-state index in [0.717, 1.165) is 6.07 Å². The number of carbonyl (C=O) groups excluding carboxylic acids is 1. The SMILES string of the molecule is Cc1ccc(F)c(NC(=O)c2cc(C(F)(F)F)cc(C(F)(F)F)c2)c1. The molecule has 9 heteroatoms. The number of halogens is 7. The Morgan fingerprint density at radius 2 is 1.40 bits per heavy atom. The zero-order valence-corrected chi connectivity index (χ0v) is 12.5. The van der Waals surface area contributed by atoms with Gasteiger partial charge in [-0.25, -0.2) is 4.39 Å². The number of amides is 1. The van der Waals surface area contributed by atoms with Gasteiger partial charge in [0.25, 0.3) is 5.91 Å². The van der Waals surface area contributed by atoms with Crippen LogP contribution in [-0.4, -0.2) is 5.91 Å². The predicted octanol–water partition coefficient (Wildman–Crippen LogP) is 5.42. The Kier molecular flexibility index (Phi) is 4.79. The minimum Gasteiger partial charge on any atom is -0.319 e. The van der Waals surface area contributed by atoms with E-state index in [0.29, 0.717) is 5.56 Å². The molecule has 0 aliphatic rings. The molecule has 0 spiro atoms. The molecule has 2 aromatic carbocycles. The molecule has 0 heterocycles. The number of aryl methyl sites for hydroxylation is 1. The molecular weight excluding hydrogens is 355 g/mol. The molecule has 2 rings (SSSR count). The second-order valence-corrected chi connectivity index (χ2v) is 5.23. The molecule has 0 atom stereocenters. The van der Waals surface area contributed by atoms with Gasteiger partial charge in [0.2, 0.25) is 0 Å². The Bertz CT molecular complexity index is 777. The van der Waals surface area contributed by atoms with Gasteiger partial charge < -0.3 is 5.32 Å². The number of hydrogen-bond acceptors (Lipinski definition) is 1. The van der Waals surface area contributed by atoms with Gasteiger partial charge in [-0.15, -0.1) is 0 Å². The topological polar surface area (TPSA) is 29.1 Å². The van der Waals surface area contributed by atoms with Crippen LogP contribution in [0.3, 0.4) is 0 Å². The minimum atomic E-state index is -5.08. The van der Waals surface area contributed by atoms with Gasteiger partial charge in [0, 0.05) is 5.56 Å². The van der Waals surface area contributed by atoms with E-state index in [1.165, 1.54) is 12.1 Å². The molecule has 1 amide bonds. The number of hydrogen-bond donors (Lipinski definition) is 1. The fourth-order valence-corrected chi connectivity index (χ4v) is 2.02. The normalized spacial score (nSPS) is 12.2. The van der Waals surface area contributed by atoms with Crippen LogP contribution in [0, 0.1) is 12.7 Å². The maximum absolute atomic E-state index is 13.6. The fraction of sp³-hybridized carbons (Fsp3) is 0.188. The maximum atomic E-state index is 13.6. The molecule has 0 fully saturated rings. The van der Waals surface area contributed by atoms with Crippen LogP contribution in [0.5, 0.6) is 0 Å². The Morgan fingerprint density at radius 3 is 1.88 bits per heavy atom. The van der Waals surface area contributed by atoms with E-state index in [2.05, 4.69) is 0 Å². The summed E-state index contributed by atoms with van der Waals surface area (Å²) in [6, 6.07) is 4.06. The van der Waals surface area contributed by atoms with Crippen molar-refractivity contribution in [3.8, 4) is 0 Å². The average Bonchev–Trinajstić information content (AvgIpc) is 2.48. The minimum absolute atomic E-state index is 0.0932. The number of rotatable bonds is 2. The number of nitrogens with one attached hydrogen (secondary N) is 1. The standard InChI is InChI=1S/C16H10F7NO/c1-8-2-3-12(17)13(4-8)24-14(25)9-5-10(15(18,19)20)7-11(6-9)16(21,22)23/h2-7H,1H3,(H,24,25). The molecule has 0 saturated heterocycles. The average molecular weight is 365 g/mol. The Labute approximate surface area is 137 Å². The monoisotopic (exact) mass is 365 g/mol. The number of carbonyl (C=O) groups is 1. The molecule has 0 bridgehead atoms. The van der Waals surface area contributed by atoms with Crippen molar-refractivity contribution >= 4 is 11.6 Å². The van der Waals surface area contributed by atoms with Gasteiger partial charge >= 0.3 is 12.4 Å². The van der Waals surface area contributed by atoms with Crippen LogP contribution in [-0.2, 0) is 12.4 Å². The first-order valence-electron chi connectivity index (χ1n) is 6.75. The summed E-state index contributed by atoms with van der Waals surface area (Å²) in [7, 11) is 0. The highest BCUT2D eigenvalue weighted by Crippen LogP contribution is 2.36. The van der Waals surface area contributed by atoms with Gasteiger partial charge in [-0.1, -0.05) is 6.07 Å². The Morgan fingerprint density at radius 1 is 0.880 bits per heavy atom. The molecule has 0 aromatic heterocycles. The van der Waals surface area contributed by atoms with Crippen LogP contribution < -0.4 is 5.32 Å². The van der Waals surface area contributed by atoms with Crippen LogP contribution in [0.2, 0.25) is 0 Å². The molecule has 0 saturated carbocycles. The van der Waals surface area contributed by atoms with Crippen molar-refractivity contribution in [2.45, 2.75) is 19.3 Å². The van der Waals surface area contributed by atoms with E-state index in [1.54, 1.807) is 6.92 Å². The summed E-state index contributed by atoms with van der Waals surface area (Å²) in [6.45, 7) is 1.57. The van der Waals surface area contributed by atoms with Gasteiger partial charge in [0.1, 0.15) is 5.82 Å². The first kappa shape index (κ1) is 18.8. The zero-order chi connectivity index (χ0) is 19.0. The highest BCUT2D eigenvalue weighted by Gasteiger charge is 2.37. The molecule has 0 unspecified atom stereocenters. The third-order valence-corrected chi connectivity index (χ3v) is 3.22. The molecule has 0 aliphatic carbocycles. The largest absolute Gasteiger partial charge is 0.416 e. The molecule has 25 heavy (non-hydrogen) atoms. The van der Waals surface area contributed by atoms with Gasteiger partial charge in [-0.2, -0.15) is 26.3 Å². The maximum Gasteiger partial charge on any atom is 0.416 e. The van der Waals surface area contributed by atoms with E-state index in [9.17, 15) is 35.5 Å². The number of anilines is 1. The van der Waals surface area contributed by atoms with Crippen LogP contribution in [0.15, 0.2) is 36.4 Å². The Hall–Kier alpha value is -2.58. The van der Waals surface area contributed by atoms with Crippen molar-refractivity contribution in [3.63, 3.8) is 0 Å². The summed E-state index contributed by atoms with van der Waals surface area (Å²) in [5.41, 5.74) is -3.95. The predicted molar refractivity (Wildman–Crippen MR) is 75.5 cm³/mol. The van der Waals surface area contributed by atoms with Crippen molar-refractivity contribution < 1.29 is 35.5 Å². The summed E-state index contributed by atoms with van der Waals surface area (Å²) in [5, 5.41) is 1.98. The highest BCUT2D eigenvalue weighted by atomic mass is 19.4. The van der Waals surface area contributed by atoms with Crippen LogP contribution in [0.4, 0.5) is 36.4 Å². The van der Waals surface area contributed by atoms with Gasteiger partial charge in [0.15, 0.2) is 0 Å². The smallest absolute Gasteiger partial charge is 0.319 e. The number of benzene rings is 2. The zero-order valence-electron chi connectivity index (χ0n) is 12.5. The molecule has 0 aliphatic heterocycles. The van der Waals surface area contributed by atoms with Crippen molar-refractivity contribution in [1.29, 1.82) is 0 Å². The summed E-state index contributed by atoms with van der Waals surface area (Å²) in [6.07, 6.45) is -10.2. The first-order valence-corrected chi connectivity index (χ1v) is 6.75. The van der Waals surface area contributed by atoms with Crippen molar-refractivity contribution in [1.82, 2.24) is 0 Å². The summed E-state index contributed by atoms with van der Waals surface area (Å²) < 4.78 is 90.3. The lowest BCUT2D eigenvalue weighted by Gasteiger charge is -2.14. The second-order valence-electron chi connectivity index (χ2n) is 5.23. The summed E-state index contributed by atoms with van der Waals surface area (Å²) >= 11 is 0. The molecule has 134 valence electrons.